The summed E-state index contributed by atoms with van der Waals surface area (Å²) in [7, 11) is 0. The molecule has 1 saturated carbocycles. The molecular formula is C15H16F2N6O2. The maximum Gasteiger partial charge on any atom is 0.290 e. The average molecular weight is 350 g/mol. The zero-order chi connectivity index (χ0) is 17.6. The minimum Gasteiger partial charge on any atom is -0.334 e. The number of hydrogen-bond donors (Lipinski definition) is 2. The number of nitrogens with zero attached hydrogens (tertiary/aromatic N) is 4. The van der Waals surface area contributed by atoms with Gasteiger partial charge in [-0.2, -0.15) is 5.10 Å². The average Bonchev–Trinajstić information content (AvgIpc) is 3.02. The summed E-state index contributed by atoms with van der Waals surface area (Å²) >= 11 is 0. The largest absolute Gasteiger partial charge is 0.334 e. The highest BCUT2D eigenvalue weighted by Gasteiger charge is 2.59. The molecule has 0 bridgehead atoms. The first-order valence-electron chi connectivity index (χ1n) is 8.04. The van der Waals surface area contributed by atoms with E-state index in [-0.39, 0.29) is 17.8 Å². The predicted octanol–water partition coefficient (Wildman–Crippen LogP) is 1.07. The van der Waals surface area contributed by atoms with Gasteiger partial charge in [0.2, 0.25) is 0 Å². The monoisotopic (exact) mass is 350 g/mol. The summed E-state index contributed by atoms with van der Waals surface area (Å²) in [6.45, 7) is 0.825. The van der Waals surface area contributed by atoms with E-state index in [2.05, 4.69) is 20.9 Å². The highest BCUT2D eigenvalue weighted by Crippen LogP contribution is 2.52. The molecule has 0 saturated heterocycles. The van der Waals surface area contributed by atoms with E-state index < -0.39 is 23.8 Å². The van der Waals surface area contributed by atoms with Crippen molar-refractivity contribution in [3.05, 3.63) is 35.7 Å². The molecule has 132 valence electrons. The van der Waals surface area contributed by atoms with E-state index >= 15 is 0 Å². The van der Waals surface area contributed by atoms with Crippen LogP contribution in [0.2, 0.25) is 0 Å². The number of aromatic nitrogens is 4. The Kier molecular flexibility index (Phi) is 3.55. The predicted molar refractivity (Wildman–Crippen MR) is 80.9 cm³/mol. The van der Waals surface area contributed by atoms with E-state index in [1.165, 1.54) is 12.3 Å². The van der Waals surface area contributed by atoms with Crippen molar-refractivity contribution in [3.8, 4) is 0 Å². The minimum absolute atomic E-state index is 0.0489. The second kappa shape index (κ2) is 5.64. The van der Waals surface area contributed by atoms with E-state index in [9.17, 15) is 18.4 Å². The number of amides is 2. The van der Waals surface area contributed by atoms with Crippen LogP contribution in [0.25, 0.3) is 0 Å². The Balaban J connectivity index is 1.35. The van der Waals surface area contributed by atoms with Gasteiger partial charge in [0.25, 0.3) is 17.7 Å². The zero-order valence-corrected chi connectivity index (χ0v) is 13.2. The molecule has 1 aliphatic carbocycles. The molecule has 2 aromatic rings. The molecule has 25 heavy (non-hydrogen) atoms. The lowest BCUT2D eigenvalue weighted by Gasteiger charge is -2.11. The molecule has 1 fully saturated rings. The molecular weight excluding hydrogens is 334 g/mol. The van der Waals surface area contributed by atoms with Crippen molar-refractivity contribution in [2.45, 2.75) is 44.2 Å². The quantitative estimate of drug-likeness (QED) is 0.810. The smallest absolute Gasteiger partial charge is 0.290 e. The van der Waals surface area contributed by atoms with Crippen molar-refractivity contribution >= 4 is 11.8 Å². The summed E-state index contributed by atoms with van der Waals surface area (Å²) in [5, 5.41) is 3.83. The van der Waals surface area contributed by atoms with Crippen LogP contribution < -0.4 is 10.9 Å². The van der Waals surface area contributed by atoms with Crippen LogP contribution in [0.15, 0.2) is 18.5 Å². The van der Waals surface area contributed by atoms with E-state index in [0.29, 0.717) is 0 Å². The maximum absolute atomic E-state index is 13.0. The summed E-state index contributed by atoms with van der Waals surface area (Å²) in [4.78, 5) is 28.3. The zero-order valence-electron chi connectivity index (χ0n) is 13.2. The Bertz CT molecular complexity index is 819. The number of rotatable bonds is 3. The second-order valence-corrected chi connectivity index (χ2v) is 6.26. The molecule has 0 spiro atoms. The van der Waals surface area contributed by atoms with Crippen LogP contribution in [0.4, 0.5) is 8.78 Å². The van der Waals surface area contributed by atoms with Gasteiger partial charge in [-0.3, -0.25) is 25.1 Å². The number of imidazole rings is 1. The molecule has 2 amide bonds. The van der Waals surface area contributed by atoms with Gasteiger partial charge in [-0.05, 0) is 18.9 Å². The second-order valence-electron chi connectivity index (χ2n) is 6.26. The van der Waals surface area contributed by atoms with Gasteiger partial charge in [0.1, 0.15) is 17.6 Å². The third-order valence-corrected chi connectivity index (χ3v) is 4.38. The van der Waals surface area contributed by atoms with Crippen LogP contribution in [-0.2, 0) is 13.0 Å². The van der Waals surface area contributed by atoms with Crippen molar-refractivity contribution < 1.29 is 18.4 Å². The number of nitrogens with one attached hydrogen (secondary N) is 2. The molecule has 1 atom stereocenters. The van der Waals surface area contributed by atoms with Crippen LogP contribution in [0.1, 0.15) is 52.1 Å². The van der Waals surface area contributed by atoms with E-state index in [4.69, 9.17) is 0 Å². The van der Waals surface area contributed by atoms with E-state index in [1.54, 1.807) is 6.20 Å². The topological polar surface area (TPSA) is 93.8 Å². The summed E-state index contributed by atoms with van der Waals surface area (Å²) in [5.41, 5.74) is 4.66. The van der Waals surface area contributed by atoms with Gasteiger partial charge in [0, 0.05) is 31.8 Å². The molecule has 0 radical (unpaired) electrons. The number of alkyl halides is 2. The Labute approximate surface area is 141 Å². The van der Waals surface area contributed by atoms with E-state index in [0.717, 1.165) is 36.3 Å². The van der Waals surface area contributed by atoms with Gasteiger partial charge >= 0.3 is 0 Å². The lowest BCUT2D eigenvalue weighted by molar-refractivity contribution is 0.0839. The number of hydrazine groups is 1. The van der Waals surface area contributed by atoms with Gasteiger partial charge in [-0.15, -0.1) is 0 Å². The standard InChI is InChI=1S/C15H16F2N6O2/c16-15(17)7-11(15)23-6-4-9(21-23)13(24)19-20-14(25)10-8-22-5-2-1-3-12(22)18-10/h4,6,8,11H,1-3,5,7H2,(H,19,24)(H,20,25). The summed E-state index contributed by atoms with van der Waals surface area (Å²) < 4.78 is 29.0. The number of halogens is 2. The first-order valence-corrected chi connectivity index (χ1v) is 8.04. The first-order chi connectivity index (χ1) is 11.9. The Morgan fingerprint density at radius 1 is 1.20 bits per heavy atom. The molecule has 2 aliphatic rings. The lowest BCUT2D eigenvalue weighted by atomic mass is 10.2. The van der Waals surface area contributed by atoms with Gasteiger partial charge in [-0.1, -0.05) is 0 Å². The number of aryl methyl sites for hydroxylation is 2. The molecule has 10 heteroatoms. The summed E-state index contributed by atoms with van der Waals surface area (Å²) in [6, 6.07) is 0.325. The molecule has 8 nitrogen and oxygen atoms in total. The number of fused-ring (bicyclic) bond motifs is 1. The molecule has 2 aromatic heterocycles. The minimum atomic E-state index is -2.77. The van der Waals surface area contributed by atoms with Crippen LogP contribution in [0.3, 0.4) is 0 Å². The molecule has 3 heterocycles. The Morgan fingerprint density at radius 2 is 1.92 bits per heavy atom. The fraction of sp³-hybridized carbons (Fsp3) is 0.467. The van der Waals surface area contributed by atoms with Crippen LogP contribution in [0.5, 0.6) is 0 Å². The van der Waals surface area contributed by atoms with Gasteiger partial charge in [0.05, 0.1) is 0 Å². The van der Waals surface area contributed by atoms with Gasteiger partial charge in [0.15, 0.2) is 5.69 Å². The molecule has 4 rings (SSSR count). The van der Waals surface area contributed by atoms with Crippen molar-refractivity contribution in [1.29, 1.82) is 0 Å². The Morgan fingerprint density at radius 3 is 2.60 bits per heavy atom. The molecule has 0 aromatic carbocycles. The van der Waals surface area contributed by atoms with Crippen molar-refractivity contribution in [2.75, 3.05) is 0 Å². The summed E-state index contributed by atoms with van der Waals surface area (Å²) in [5.74, 6) is -3.14. The highest BCUT2D eigenvalue weighted by molar-refractivity contribution is 5.97. The molecule has 2 N–H and O–H groups in total. The van der Waals surface area contributed by atoms with Crippen LogP contribution >= 0.6 is 0 Å². The normalized spacial score (nSPS) is 20.6. The lowest BCUT2D eigenvalue weighted by Crippen LogP contribution is -2.42. The number of hydrogen-bond acceptors (Lipinski definition) is 4. The molecule has 1 aliphatic heterocycles. The van der Waals surface area contributed by atoms with Gasteiger partial charge < -0.3 is 4.57 Å². The Hall–Kier alpha value is -2.78. The maximum atomic E-state index is 13.0. The third kappa shape index (κ3) is 2.99. The van der Waals surface area contributed by atoms with Crippen LogP contribution in [-0.4, -0.2) is 37.1 Å². The van der Waals surface area contributed by atoms with Crippen LogP contribution in [0, 0.1) is 0 Å². The highest BCUT2D eigenvalue weighted by atomic mass is 19.3. The van der Waals surface area contributed by atoms with Crippen molar-refractivity contribution in [1.82, 2.24) is 30.2 Å². The third-order valence-electron chi connectivity index (χ3n) is 4.38. The van der Waals surface area contributed by atoms with E-state index in [1.807, 2.05) is 4.57 Å². The summed E-state index contributed by atoms with van der Waals surface area (Å²) in [6.07, 6.45) is 5.60. The van der Waals surface area contributed by atoms with Crippen molar-refractivity contribution in [2.24, 2.45) is 0 Å². The number of carbonyl (C=O) groups excluding carboxylic acids is 2. The van der Waals surface area contributed by atoms with Crippen molar-refractivity contribution in [3.63, 3.8) is 0 Å². The fourth-order valence-corrected chi connectivity index (χ4v) is 2.88. The number of carbonyl (C=O) groups is 2. The first kappa shape index (κ1) is 15.7. The fourth-order valence-electron chi connectivity index (χ4n) is 2.88. The molecule has 1 unspecified atom stereocenters. The van der Waals surface area contributed by atoms with Gasteiger partial charge in [-0.25, -0.2) is 13.8 Å². The SMILES string of the molecule is O=C(NNC(=O)c1ccn(C2CC2(F)F)n1)c1cn2c(n1)CCCC2.